The monoisotopic (exact) mass is 473 g/mol. The maximum Gasteiger partial charge on any atom is 0.417 e. The van der Waals surface area contributed by atoms with Crippen molar-refractivity contribution in [3.05, 3.63) is 71.0 Å². The Hall–Kier alpha value is -3.73. The molecule has 0 unspecified atom stereocenters. The second-order valence-electron chi connectivity index (χ2n) is 6.91. The first kappa shape index (κ1) is 22.5. The minimum Gasteiger partial charge on any atom is -0.494 e. The summed E-state index contributed by atoms with van der Waals surface area (Å²) < 4.78 is 45.0. The van der Waals surface area contributed by atoms with Gasteiger partial charge in [-0.1, -0.05) is 0 Å². The van der Waals surface area contributed by atoms with Gasteiger partial charge in [0, 0.05) is 17.1 Å². The summed E-state index contributed by atoms with van der Waals surface area (Å²) in [5.41, 5.74) is 1.42. The number of rotatable bonds is 6. The molecule has 0 fully saturated rings. The number of carbonyl (C=O) groups is 1. The van der Waals surface area contributed by atoms with E-state index in [1.54, 1.807) is 6.92 Å². The highest BCUT2D eigenvalue weighted by Crippen LogP contribution is 2.29. The average Bonchev–Trinajstić information content (AvgIpc) is 3.41. The molecule has 11 heteroatoms. The van der Waals surface area contributed by atoms with Crippen LogP contribution in [0.3, 0.4) is 0 Å². The largest absolute Gasteiger partial charge is 0.494 e. The first-order valence-corrected chi connectivity index (χ1v) is 10.7. The van der Waals surface area contributed by atoms with Gasteiger partial charge in [0.15, 0.2) is 10.9 Å². The van der Waals surface area contributed by atoms with E-state index < -0.39 is 17.6 Å². The number of benzene rings is 1. The predicted molar refractivity (Wildman–Crippen MR) is 118 cm³/mol. The molecule has 0 radical (unpaired) electrons. The van der Waals surface area contributed by atoms with Crippen molar-refractivity contribution in [3.8, 4) is 22.8 Å². The van der Waals surface area contributed by atoms with Crippen LogP contribution in [0.1, 0.15) is 28.5 Å². The van der Waals surface area contributed by atoms with E-state index in [-0.39, 0.29) is 11.4 Å². The number of carbonyl (C=O) groups excluding carboxylic acids is 1. The molecule has 1 aromatic carbocycles. The van der Waals surface area contributed by atoms with Gasteiger partial charge in [-0.3, -0.25) is 10.1 Å². The molecule has 4 rings (SSSR count). The number of nitrogens with zero attached hydrogens (tertiary/aromatic N) is 4. The number of halogens is 3. The lowest BCUT2D eigenvalue weighted by atomic mass is 10.2. The number of alkyl halides is 3. The molecular weight excluding hydrogens is 455 g/mol. The fourth-order valence-electron chi connectivity index (χ4n) is 3.06. The van der Waals surface area contributed by atoms with Crippen LogP contribution in [0.2, 0.25) is 0 Å². The van der Waals surface area contributed by atoms with Gasteiger partial charge in [-0.25, -0.2) is 14.6 Å². The minimum atomic E-state index is -4.48. The van der Waals surface area contributed by atoms with Crippen molar-refractivity contribution >= 4 is 22.4 Å². The third-order valence-corrected chi connectivity index (χ3v) is 5.49. The van der Waals surface area contributed by atoms with E-state index in [0.29, 0.717) is 23.1 Å². The number of aromatic nitrogens is 4. The lowest BCUT2D eigenvalue weighted by molar-refractivity contribution is -0.137. The maximum atomic E-state index is 12.8. The summed E-state index contributed by atoms with van der Waals surface area (Å²) in [6.45, 7) is 4.13. The molecule has 0 aliphatic heterocycles. The summed E-state index contributed by atoms with van der Waals surface area (Å²) in [6, 6.07) is 9.59. The first-order chi connectivity index (χ1) is 15.8. The Labute approximate surface area is 190 Å². The Bertz CT molecular complexity index is 1260. The van der Waals surface area contributed by atoms with Gasteiger partial charge in [0.2, 0.25) is 0 Å². The molecule has 0 bridgehead atoms. The molecule has 0 atom stereocenters. The second kappa shape index (κ2) is 9.02. The quantitative estimate of drug-likeness (QED) is 0.407. The Morgan fingerprint density at radius 2 is 1.91 bits per heavy atom. The van der Waals surface area contributed by atoms with E-state index in [9.17, 15) is 18.0 Å². The van der Waals surface area contributed by atoms with E-state index in [0.717, 1.165) is 23.6 Å². The standard InChI is InChI=1S/C22H18F3N5O2S/c1-3-32-16-7-4-14(5-8-16)18-12-33-21(28-18)29-20(31)17-11-27-30(13(17)2)19-9-6-15(10-26-19)22(23,24)25/h4-12H,3H2,1-2H3,(H,28,29,31). The lowest BCUT2D eigenvalue weighted by Gasteiger charge is -2.08. The molecule has 1 amide bonds. The normalized spacial score (nSPS) is 11.4. The zero-order valence-electron chi connectivity index (χ0n) is 17.6. The molecule has 33 heavy (non-hydrogen) atoms. The highest BCUT2D eigenvalue weighted by atomic mass is 32.1. The van der Waals surface area contributed by atoms with Crippen LogP contribution >= 0.6 is 11.3 Å². The average molecular weight is 473 g/mol. The van der Waals surface area contributed by atoms with Crippen molar-refractivity contribution in [2.45, 2.75) is 20.0 Å². The summed E-state index contributed by atoms with van der Waals surface area (Å²) in [4.78, 5) is 21.0. The highest BCUT2D eigenvalue weighted by Gasteiger charge is 2.30. The van der Waals surface area contributed by atoms with Gasteiger partial charge < -0.3 is 4.74 Å². The van der Waals surface area contributed by atoms with Crippen LogP contribution in [0.5, 0.6) is 5.75 Å². The topological polar surface area (TPSA) is 81.9 Å². The van der Waals surface area contributed by atoms with E-state index in [4.69, 9.17) is 4.74 Å². The number of nitrogens with one attached hydrogen (secondary N) is 1. The molecule has 3 aromatic heterocycles. The van der Waals surface area contributed by atoms with Crippen LogP contribution in [0.4, 0.5) is 18.3 Å². The van der Waals surface area contributed by atoms with Gasteiger partial charge in [-0.05, 0) is 50.2 Å². The maximum absolute atomic E-state index is 12.8. The van der Waals surface area contributed by atoms with Gasteiger partial charge in [-0.2, -0.15) is 18.3 Å². The van der Waals surface area contributed by atoms with Gasteiger partial charge in [0.05, 0.1) is 35.3 Å². The highest BCUT2D eigenvalue weighted by molar-refractivity contribution is 7.14. The Kier molecular flexibility index (Phi) is 6.14. The molecule has 0 aliphatic rings. The van der Waals surface area contributed by atoms with Crippen LogP contribution in [0.15, 0.2) is 54.2 Å². The van der Waals surface area contributed by atoms with E-state index in [1.807, 2.05) is 36.6 Å². The van der Waals surface area contributed by atoms with E-state index in [1.165, 1.54) is 28.3 Å². The van der Waals surface area contributed by atoms with Crippen LogP contribution in [0.25, 0.3) is 17.1 Å². The lowest BCUT2D eigenvalue weighted by Crippen LogP contribution is -2.13. The van der Waals surface area contributed by atoms with Gasteiger partial charge >= 0.3 is 6.18 Å². The van der Waals surface area contributed by atoms with Crippen molar-refractivity contribution in [2.75, 3.05) is 11.9 Å². The molecule has 0 aliphatic carbocycles. The molecule has 3 heterocycles. The zero-order chi connectivity index (χ0) is 23.6. The smallest absolute Gasteiger partial charge is 0.417 e. The molecule has 170 valence electrons. The summed E-state index contributed by atoms with van der Waals surface area (Å²) >= 11 is 1.27. The number of amides is 1. The van der Waals surface area contributed by atoms with Crippen molar-refractivity contribution < 1.29 is 22.7 Å². The molecule has 7 nitrogen and oxygen atoms in total. The molecule has 0 spiro atoms. The third-order valence-electron chi connectivity index (χ3n) is 4.73. The molecule has 0 saturated heterocycles. The van der Waals surface area contributed by atoms with E-state index >= 15 is 0 Å². The fourth-order valence-corrected chi connectivity index (χ4v) is 3.77. The van der Waals surface area contributed by atoms with Crippen LogP contribution < -0.4 is 10.1 Å². The first-order valence-electron chi connectivity index (χ1n) is 9.84. The summed E-state index contributed by atoms with van der Waals surface area (Å²) in [5.74, 6) is 0.505. The second-order valence-corrected chi connectivity index (χ2v) is 7.77. The summed E-state index contributed by atoms with van der Waals surface area (Å²) in [5, 5.41) is 9.07. The number of anilines is 1. The number of hydrogen-bond donors (Lipinski definition) is 1. The summed E-state index contributed by atoms with van der Waals surface area (Å²) in [7, 11) is 0. The number of thiazole rings is 1. The van der Waals surface area contributed by atoms with Crippen LogP contribution in [-0.2, 0) is 6.18 Å². The number of hydrogen-bond acceptors (Lipinski definition) is 6. The van der Waals surface area contributed by atoms with E-state index in [2.05, 4.69) is 20.4 Å². The molecule has 1 N–H and O–H groups in total. The fraction of sp³-hybridized carbons (Fsp3) is 0.182. The Balaban J connectivity index is 1.48. The molecule has 4 aromatic rings. The van der Waals surface area contributed by atoms with Crippen molar-refractivity contribution in [3.63, 3.8) is 0 Å². The minimum absolute atomic E-state index is 0.173. The molecular formula is C22H18F3N5O2S. The van der Waals surface area contributed by atoms with Crippen molar-refractivity contribution in [1.29, 1.82) is 0 Å². The van der Waals surface area contributed by atoms with Crippen LogP contribution in [0, 0.1) is 6.92 Å². The van der Waals surface area contributed by atoms with Crippen LogP contribution in [-0.4, -0.2) is 32.3 Å². The zero-order valence-corrected chi connectivity index (χ0v) is 18.4. The number of pyridine rings is 1. The van der Waals surface area contributed by atoms with Crippen molar-refractivity contribution in [1.82, 2.24) is 19.7 Å². The SMILES string of the molecule is CCOc1ccc(-c2csc(NC(=O)c3cnn(-c4ccc(C(F)(F)F)cn4)c3C)n2)cc1. The summed E-state index contributed by atoms with van der Waals surface area (Å²) in [6.07, 6.45) is -2.41. The third kappa shape index (κ3) is 4.87. The molecule has 0 saturated carbocycles. The number of ether oxygens (including phenoxy) is 1. The van der Waals surface area contributed by atoms with Gasteiger partial charge in [0.1, 0.15) is 5.75 Å². The predicted octanol–water partition coefficient (Wildman–Crippen LogP) is 5.37. The Morgan fingerprint density at radius 3 is 2.55 bits per heavy atom. The van der Waals surface area contributed by atoms with Crippen molar-refractivity contribution in [2.24, 2.45) is 0 Å². The van der Waals surface area contributed by atoms with Gasteiger partial charge in [-0.15, -0.1) is 11.3 Å². The van der Waals surface area contributed by atoms with Gasteiger partial charge in [0.25, 0.3) is 5.91 Å². The Morgan fingerprint density at radius 1 is 1.15 bits per heavy atom.